The third-order valence-corrected chi connectivity index (χ3v) is 4.78. The Labute approximate surface area is 153 Å². The number of hydrogen-bond donors (Lipinski definition) is 0. The van der Waals surface area contributed by atoms with Crippen molar-refractivity contribution in [2.75, 3.05) is 14.2 Å². The zero-order chi connectivity index (χ0) is 19.9. The Morgan fingerprint density at radius 1 is 1.19 bits per heavy atom. The Bertz CT molecular complexity index is 724. The van der Waals surface area contributed by atoms with Crippen LogP contribution in [0.25, 0.3) is 0 Å². The Morgan fingerprint density at radius 2 is 1.73 bits per heavy atom. The van der Waals surface area contributed by atoms with Gasteiger partial charge in [0.2, 0.25) is 5.67 Å². The third-order valence-electron chi connectivity index (χ3n) is 4.25. The molecular formula is C16H14BrF6NO2. The largest absolute Gasteiger partial charge is 0.469 e. The lowest BCUT2D eigenvalue weighted by atomic mass is 9.80. The van der Waals surface area contributed by atoms with Crippen LogP contribution in [0.3, 0.4) is 0 Å². The van der Waals surface area contributed by atoms with Crippen molar-refractivity contribution >= 4 is 21.9 Å². The quantitative estimate of drug-likeness (QED) is 0.379. The number of nitrogens with zero attached hydrogens (tertiary/aromatic N) is 1. The van der Waals surface area contributed by atoms with Crippen LogP contribution in [0.4, 0.5) is 26.3 Å². The van der Waals surface area contributed by atoms with Crippen molar-refractivity contribution in [1.29, 1.82) is 0 Å². The first kappa shape index (κ1) is 20.6. The lowest BCUT2D eigenvalue weighted by Crippen LogP contribution is -2.65. The second-order valence-electron chi connectivity index (χ2n) is 5.84. The molecule has 1 heterocycles. The number of carbonyl (C=O) groups is 1. The molecule has 0 bridgehead atoms. The monoisotopic (exact) mass is 445 g/mol. The van der Waals surface area contributed by atoms with E-state index in [9.17, 15) is 26.7 Å². The van der Waals surface area contributed by atoms with Gasteiger partial charge in [-0.25, -0.2) is 8.78 Å². The minimum absolute atomic E-state index is 0.0166. The van der Waals surface area contributed by atoms with E-state index >= 15 is 4.39 Å². The van der Waals surface area contributed by atoms with E-state index in [4.69, 9.17) is 0 Å². The predicted molar refractivity (Wildman–Crippen MR) is 84.2 cm³/mol. The average molecular weight is 446 g/mol. The summed E-state index contributed by atoms with van der Waals surface area (Å²) >= 11 is 3.12. The summed E-state index contributed by atoms with van der Waals surface area (Å²) in [6.07, 6.45) is -1.59. The van der Waals surface area contributed by atoms with E-state index in [1.807, 2.05) is 0 Å². The minimum atomic E-state index is -5.42. The first-order valence-corrected chi connectivity index (χ1v) is 8.06. The summed E-state index contributed by atoms with van der Waals surface area (Å²) in [4.78, 5) is 11.6. The van der Waals surface area contributed by atoms with Gasteiger partial charge in [0.15, 0.2) is 5.83 Å². The number of methoxy groups -OCH3 is 1. The zero-order valence-electron chi connectivity index (χ0n) is 13.6. The number of alkyl halides is 5. The van der Waals surface area contributed by atoms with Gasteiger partial charge in [-0.05, 0) is 17.7 Å². The Hall–Kier alpha value is -1.71. The number of rotatable bonds is 4. The lowest BCUT2D eigenvalue weighted by molar-refractivity contribution is -0.322. The second kappa shape index (κ2) is 6.79. The summed E-state index contributed by atoms with van der Waals surface area (Å²) in [5, 5.41) is 0. The van der Waals surface area contributed by atoms with Gasteiger partial charge in [0.1, 0.15) is 0 Å². The maximum atomic E-state index is 15.0. The molecule has 10 heteroatoms. The molecule has 0 aromatic heterocycles. The first-order valence-electron chi connectivity index (χ1n) is 7.27. The molecular weight excluding hydrogens is 432 g/mol. The standard InChI is InChI=1S/C16H14BrF6NO2/c1-24-8-12(18)14(19,15(20,21)16(24,22)23)7-11(13(25)26-2)9-3-5-10(17)6-4-9/h3-6,8,11H,7H2,1-2H3. The average Bonchev–Trinajstić information content (AvgIpc) is 2.58. The van der Waals surface area contributed by atoms with Crippen LogP contribution in [0, 0.1) is 0 Å². The number of hydrogen-bond acceptors (Lipinski definition) is 3. The summed E-state index contributed by atoms with van der Waals surface area (Å²) in [6, 6.07) is 0.467. The molecule has 0 saturated carbocycles. The van der Waals surface area contributed by atoms with Crippen LogP contribution in [0.2, 0.25) is 0 Å². The van der Waals surface area contributed by atoms with Crippen molar-refractivity contribution in [2.45, 2.75) is 30.0 Å². The molecule has 2 unspecified atom stereocenters. The van der Waals surface area contributed by atoms with E-state index in [2.05, 4.69) is 20.7 Å². The Balaban J connectivity index is 2.53. The number of ether oxygens (including phenoxy) is 1. The van der Waals surface area contributed by atoms with Crippen molar-refractivity contribution in [3.05, 3.63) is 46.3 Å². The SMILES string of the molecule is COC(=O)C(CC1(F)C(F)=CN(C)C(F)(F)C1(F)F)c1ccc(Br)cc1. The van der Waals surface area contributed by atoms with E-state index in [1.165, 1.54) is 24.3 Å². The van der Waals surface area contributed by atoms with Gasteiger partial charge in [-0.3, -0.25) is 4.79 Å². The highest BCUT2D eigenvalue weighted by Gasteiger charge is 2.76. The first-order chi connectivity index (χ1) is 11.9. The van der Waals surface area contributed by atoms with Crippen molar-refractivity contribution in [2.24, 2.45) is 0 Å². The zero-order valence-corrected chi connectivity index (χ0v) is 15.2. The van der Waals surface area contributed by atoms with Gasteiger partial charge in [-0.1, -0.05) is 28.1 Å². The van der Waals surface area contributed by atoms with Crippen LogP contribution in [0.15, 0.2) is 40.8 Å². The fourth-order valence-electron chi connectivity index (χ4n) is 2.64. The van der Waals surface area contributed by atoms with E-state index < -0.39 is 46.7 Å². The lowest BCUT2D eigenvalue weighted by Gasteiger charge is -2.44. The molecule has 2 rings (SSSR count). The highest BCUT2D eigenvalue weighted by molar-refractivity contribution is 9.10. The molecule has 0 fully saturated rings. The van der Waals surface area contributed by atoms with Crippen LogP contribution in [-0.2, 0) is 9.53 Å². The molecule has 1 aromatic rings. The molecule has 0 N–H and O–H groups in total. The van der Waals surface area contributed by atoms with E-state index in [0.717, 1.165) is 7.11 Å². The van der Waals surface area contributed by atoms with Gasteiger partial charge in [-0.2, -0.15) is 17.6 Å². The summed E-state index contributed by atoms with van der Waals surface area (Å²) < 4.78 is 90.3. The van der Waals surface area contributed by atoms with Crippen molar-refractivity contribution < 1.29 is 35.9 Å². The Morgan fingerprint density at radius 3 is 2.23 bits per heavy atom. The van der Waals surface area contributed by atoms with Crippen LogP contribution >= 0.6 is 15.9 Å². The number of carbonyl (C=O) groups excluding carboxylic acids is 1. The fourth-order valence-corrected chi connectivity index (χ4v) is 2.91. The van der Waals surface area contributed by atoms with Gasteiger partial charge in [0, 0.05) is 24.1 Å². The summed E-state index contributed by atoms with van der Waals surface area (Å²) in [5.41, 5.74) is -4.38. The van der Waals surface area contributed by atoms with Gasteiger partial charge in [0.05, 0.1) is 13.0 Å². The number of esters is 1. The smallest absolute Gasteiger partial charge is 0.391 e. The maximum Gasteiger partial charge on any atom is 0.391 e. The van der Waals surface area contributed by atoms with Crippen molar-refractivity contribution in [1.82, 2.24) is 4.90 Å². The molecule has 2 atom stereocenters. The highest BCUT2D eigenvalue weighted by Crippen LogP contribution is 2.56. The second-order valence-corrected chi connectivity index (χ2v) is 6.75. The topological polar surface area (TPSA) is 29.5 Å². The van der Waals surface area contributed by atoms with Crippen molar-refractivity contribution in [3.63, 3.8) is 0 Å². The summed E-state index contributed by atoms with van der Waals surface area (Å²) in [6.45, 7) is 0. The van der Waals surface area contributed by atoms with Crippen LogP contribution < -0.4 is 0 Å². The summed E-state index contributed by atoms with van der Waals surface area (Å²) in [5.74, 6) is -10.4. The molecule has 0 spiro atoms. The van der Waals surface area contributed by atoms with Gasteiger partial charge in [0.25, 0.3) is 0 Å². The number of allylic oxidation sites excluding steroid dienone is 1. The molecule has 1 aliphatic heterocycles. The van der Waals surface area contributed by atoms with E-state index in [-0.39, 0.29) is 11.8 Å². The highest BCUT2D eigenvalue weighted by atomic mass is 79.9. The summed E-state index contributed by atoms with van der Waals surface area (Å²) in [7, 11) is 1.42. The molecule has 0 aliphatic carbocycles. The molecule has 1 aromatic carbocycles. The molecule has 0 saturated heterocycles. The van der Waals surface area contributed by atoms with Gasteiger partial charge >= 0.3 is 17.9 Å². The van der Waals surface area contributed by atoms with Crippen LogP contribution in [0.1, 0.15) is 17.9 Å². The molecule has 0 radical (unpaired) electrons. The predicted octanol–water partition coefficient (Wildman–Crippen LogP) is 4.79. The van der Waals surface area contributed by atoms with E-state index in [1.54, 1.807) is 0 Å². The van der Waals surface area contributed by atoms with E-state index in [0.29, 0.717) is 11.5 Å². The number of benzene rings is 1. The maximum absolute atomic E-state index is 15.0. The third kappa shape index (κ3) is 3.08. The molecule has 0 amide bonds. The number of halogens is 7. The van der Waals surface area contributed by atoms with Gasteiger partial charge in [-0.15, -0.1) is 0 Å². The molecule has 26 heavy (non-hydrogen) atoms. The minimum Gasteiger partial charge on any atom is -0.469 e. The van der Waals surface area contributed by atoms with Crippen LogP contribution in [0.5, 0.6) is 0 Å². The molecule has 144 valence electrons. The molecule has 1 aliphatic rings. The Kier molecular flexibility index (Phi) is 5.38. The fraction of sp³-hybridized carbons (Fsp3) is 0.438. The van der Waals surface area contributed by atoms with Crippen LogP contribution in [-0.4, -0.2) is 42.7 Å². The molecule has 3 nitrogen and oxygen atoms in total. The normalized spacial score (nSPS) is 25.4. The van der Waals surface area contributed by atoms with Gasteiger partial charge < -0.3 is 9.64 Å². The van der Waals surface area contributed by atoms with Crippen molar-refractivity contribution in [3.8, 4) is 0 Å².